The van der Waals surface area contributed by atoms with Crippen molar-refractivity contribution in [1.29, 1.82) is 0 Å². The number of carbonyl (C=O) groups excluding carboxylic acids is 2. The third-order valence-electron chi connectivity index (χ3n) is 2.34. The second-order valence-electron chi connectivity index (χ2n) is 3.45. The zero-order valence-corrected chi connectivity index (χ0v) is 10.9. The molecule has 0 saturated carbocycles. The summed E-state index contributed by atoms with van der Waals surface area (Å²) in [4.78, 5) is 23.2. The molecule has 1 rings (SSSR count). The van der Waals surface area contributed by atoms with Gasteiger partial charge in [-0.2, -0.15) is 0 Å². The number of aldehydes is 1. The Morgan fingerprint density at radius 1 is 1.47 bits per heavy atom. The molecule has 0 aliphatic rings. The molecule has 0 spiro atoms. The third kappa shape index (κ3) is 3.89. The molecule has 92 valence electrons. The topological polar surface area (TPSA) is 43.4 Å². The van der Waals surface area contributed by atoms with Crippen LogP contribution in [0.1, 0.15) is 29.3 Å². The molecule has 0 radical (unpaired) electrons. The molecule has 0 amide bonds. The van der Waals surface area contributed by atoms with Gasteiger partial charge in [0.15, 0.2) is 0 Å². The summed E-state index contributed by atoms with van der Waals surface area (Å²) in [5.74, 6) is -0.315. The van der Waals surface area contributed by atoms with E-state index in [1.807, 2.05) is 24.5 Å². The van der Waals surface area contributed by atoms with Gasteiger partial charge in [0.2, 0.25) is 0 Å². The number of rotatable bonds is 6. The van der Waals surface area contributed by atoms with Crippen molar-refractivity contribution < 1.29 is 14.3 Å². The summed E-state index contributed by atoms with van der Waals surface area (Å²) in [6.45, 7) is 2.14. The second-order valence-corrected chi connectivity index (χ2v) is 4.33. The number of hydrogen-bond acceptors (Lipinski definition) is 4. The highest BCUT2D eigenvalue weighted by Crippen LogP contribution is 2.21. The van der Waals surface area contributed by atoms with Crippen LogP contribution in [0, 0.1) is 0 Å². The first kappa shape index (κ1) is 13.8. The molecule has 0 bridgehead atoms. The molecule has 1 aromatic rings. The Morgan fingerprint density at radius 3 is 2.82 bits per heavy atom. The highest BCUT2D eigenvalue weighted by atomic mass is 32.2. The molecule has 0 fully saturated rings. The molecule has 17 heavy (non-hydrogen) atoms. The van der Waals surface area contributed by atoms with Crippen molar-refractivity contribution in [2.45, 2.75) is 24.7 Å². The van der Waals surface area contributed by atoms with Crippen molar-refractivity contribution >= 4 is 24.0 Å². The monoisotopic (exact) mass is 252 g/mol. The standard InChI is InChI=1S/C13H16O3S/c1-3-16-13(15)12-9-11(17-2)7-6-10(12)5-4-8-14/h6-9H,3-5H2,1-2H3. The molecule has 0 heterocycles. The fourth-order valence-electron chi connectivity index (χ4n) is 1.51. The van der Waals surface area contributed by atoms with Crippen molar-refractivity contribution in [3.63, 3.8) is 0 Å². The van der Waals surface area contributed by atoms with Gasteiger partial charge >= 0.3 is 5.97 Å². The molecule has 0 saturated heterocycles. The Kier molecular flexibility index (Phi) is 5.77. The van der Waals surface area contributed by atoms with Crippen LogP contribution in [-0.4, -0.2) is 25.1 Å². The van der Waals surface area contributed by atoms with E-state index in [0.29, 0.717) is 25.0 Å². The van der Waals surface area contributed by atoms with E-state index < -0.39 is 0 Å². The molecule has 0 aliphatic heterocycles. The number of aryl methyl sites for hydroxylation is 1. The van der Waals surface area contributed by atoms with Crippen LogP contribution in [-0.2, 0) is 16.0 Å². The largest absolute Gasteiger partial charge is 0.462 e. The Labute approximate surface area is 106 Å². The highest BCUT2D eigenvalue weighted by Gasteiger charge is 2.12. The first-order valence-electron chi connectivity index (χ1n) is 5.50. The number of thioether (sulfide) groups is 1. The summed E-state index contributed by atoms with van der Waals surface area (Å²) in [6, 6.07) is 5.66. The molecule has 0 N–H and O–H groups in total. The molecule has 0 atom stereocenters. The molecule has 3 nitrogen and oxygen atoms in total. The van der Waals surface area contributed by atoms with Crippen LogP contribution in [0.4, 0.5) is 0 Å². The van der Waals surface area contributed by atoms with Gasteiger partial charge in [0.05, 0.1) is 12.2 Å². The van der Waals surface area contributed by atoms with Gasteiger partial charge in [-0.3, -0.25) is 0 Å². The number of ether oxygens (including phenoxy) is 1. The maximum Gasteiger partial charge on any atom is 0.338 e. The minimum absolute atomic E-state index is 0.315. The van der Waals surface area contributed by atoms with Crippen molar-refractivity contribution in [3.8, 4) is 0 Å². The maximum absolute atomic E-state index is 11.8. The number of benzene rings is 1. The number of carbonyl (C=O) groups is 2. The molecule has 4 heteroatoms. The summed E-state index contributed by atoms with van der Waals surface area (Å²) in [5.41, 5.74) is 1.44. The van der Waals surface area contributed by atoms with Crippen molar-refractivity contribution in [2.75, 3.05) is 12.9 Å². The lowest BCUT2D eigenvalue weighted by atomic mass is 10.0. The fraction of sp³-hybridized carbons (Fsp3) is 0.385. The zero-order valence-electron chi connectivity index (χ0n) is 10.1. The highest BCUT2D eigenvalue weighted by molar-refractivity contribution is 7.98. The third-order valence-corrected chi connectivity index (χ3v) is 3.07. The Morgan fingerprint density at radius 2 is 2.24 bits per heavy atom. The van der Waals surface area contributed by atoms with E-state index in [4.69, 9.17) is 4.74 Å². The Hall–Kier alpha value is -1.29. The van der Waals surface area contributed by atoms with Gasteiger partial charge in [0.25, 0.3) is 0 Å². The van der Waals surface area contributed by atoms with Crippen LogP contribution in [0.2, 0.25) is 0 Å². The van der Waals surface area contributed by atoms with Gasteiger partial charge in [-0.05, 0) is 37.3 Å². The predicted octanol–water partition coefficient (Wildman–Crippen LogP) is 2.72. The van der Waals surface area contributed by atoms with Crippen LogP contribution in [0.15, 0.2) is 23.1 Å². The second kappa shape index (κ2) is 7.12. The van der Waals surface area contributed by atoms with Gasteiger partial charge in [0, 0.05) is 11.3 Å². The van der Waals surface area contributed by atoms with Gasteiger partial charge in [-0.25, -0.2) is 4.79 Å². The van der Waals surface area contributed by atoms with Crippen LogP contribution >= 0.6 is 11.8 Å². The predicted molar refractivity (Wildman–Crippen MR) is 68.6 cm³/mol. The van der Waals surface area contributed by atoms with Gasteiger partial charge < -0.3 is 9.53 Å². The van der Waals surface area contributed by atoms with Crippen LogP contribution in [0.3, 0.4) is 0 Å². The molecular formula is C13H16O3S. The lowest BCUT2D eigenvalue weighted by molar-refractivity contribution is -0.107. The molecular weight excluding hydrogens is 236 g/mol. The fourth-order valence-corrected chi connectivity index (χ4v) is 1.95. The zero-order chi connectivity index (χ0) is 12.7. The average molecular weight is 252 g/mol. The minimum atomic E-state index is -0.315. The smallest absolute Gasteiger partial charge is 0.338 e. The van der Waals surface area contributed by atoms with E-state index in [1.165, 1.54) is 0 Å². The summed E-state index contributed by atoms with van der Waals surface area (Å²) < 4.78 is 5.01. The lowest BCUT2D eigenvalue weighted by Crippen LogP contribution is -2.08. The molecule has 0 aromatic heterocycles. The minimum Gasteiger partial charge on any atom is -0.462 e. The summed E-state index contributed by atoms with van der Waals surface area (Å²) in [6.07, 6.45) is 3.81. The van der Waals surface area contributed by atoms with Crippen LogP contribution < -0.4 is 0 Å². The summed E-state index contributed by atoms with van der Waals surface area (Å²) >= 11 is 1.57. The Balaban J connectivity index is 3.01. The quantitative estimate of drug-likeness (QED) is 0.443. The van der Waals surface area contributed by atoms with E-state index in [9.17, 15) is 9.59 Å². The van der Waals surface area contributed by atoms with E-state index >= 15 is 0 Å². The molecule has 0 unspecified atom stereocenters. The first-order valence-corrected chi connectivity index (χ1v) is 6.73. The normalized spacial score (nSPS) is 10.0. The lowest BCUT2D eigenvalue weighted by Gasteiger charge is -2.09. The first-order chi connectivity index (χ1) is 8.22. The Bertz CT molecular complexity index is 402. The van der Waals surface area contributed by atoms with Crippen molar-refractivity contribution in [2.24, 2.45) is 0 Å². The molecule has 0 aliphatic carbocycles. The van der Waals surface area contributed by atoms with E-state index in [1.54, 1.807) is 18.7 Å². The number of hydrogen-bond donors (Lipinski definition) is 0. The molecule has 1 aromatic carbocycles. The van der Waals surface area contributed by atoms with Gasteiger partial charge in [-0.15, -0.1) is 11.8 Å². The van der Waals surface area contributed by atoms with E-state index in [2.05, 4.69) is 0 Å². The van der Waals surface area contributed by atoms with Crippen molar-refractivity contribution in [1.82, 2.24) is 0 Å². The van der Waals surface area contributed by atoms with Crippen molar-refractivity contribution in [3.05, 3.63) is 29.3 Å². The van der Waals surface area contributed by atoms with Gasteiger partial charge in [-0.1, -0.05) is 6.07 Å². The summed E-state index contributed by atoms with van der Waals surface area (Å²) in [5, 5.41) is 0. The number of esters is 1. The van der Waals surface area contributed by atoms with E-state index in [-0.39, 0.29) is 5.97 Å². The van der Waals surface area contributed by atoms with E-state index in [0.717, 1.165) is 16.7 Å². The van der Waals surface area contributed by atoms with Crippen LogP contribution in [0.5, 0.6) is 0 Å². The maximum atomic E-state index is 11.8. The summed E-state index contributed by atoms with van der Waals surface area (Å²) in [7, 11) is 0. The van der Waals surface area contributed by atoms with Gasteiger partial charge in [0.1, 0.15) is 6.29 Å². The SMILES string of the molecule is CCOC(=O)c1cc(SC)ccc1CCC=O. The average Bonchev–Trinajstić information content (AvgIpc) is 2.36. The van der Waals surface area contributed by atoms with Crippen LogP contribution in [0.25, 0.3) is 0 Å².